The fourth-order valence-corrected chi connectivity index (χ4v) is 4.25. The number of hydrogen-bond donors (Lipinski definition) is 0. The number of carbonyl (C=O) groups is 2. The molecule has 174 valence electrons. The average molecular weight is 450 g/mol. The molecule has 1 saturated carbocycles. The van der Waals surface area contributed by atoms with Gasteiger partial charge in [0, 0.05) is 26.0 Å². The lowest BCUT2D eigenvalue weighted by atomic mass is 9.84. The number of hydrogen-bond acceptors (Lipinski definition) is 5. The first-order valence-corrected chi connectivity index (χ1v) is 11.5. The van der Waals surface area contributed by atoms with Crippen LogP contribution >= 0.6 is 0 Å². The number of nitrogens with zero attached hydrogens (tertiary/aromatic N) is 3. The van der Waals surface area contributed by atoms with E-state index in [2.05, 4.69) is 0 Å². The summed E-state index contributed by atoms with van der Waals surface area (Å²) in [5.41, 5.74) is 2.81. The highest BCUT2D eigenvalue weighted by Crippen LogP contribution is 2.34. The van der Waals surface area contributed by atoms with E-state index < -0.39 is 0 Å². The van der Waals surface area contributed by atoms with Crippen LogP contribution in [0.5, 0.6) is 5.75 Å². The van der Waals surface area contributed by atoms with Gasteiger partial charge in [0.2, 0.25) is 5.91 Å². The Morgan fingerprint density at radius 2 is 1.79 bits per heavy atom. The Labute approximate surface area is 195 Å². The summed E-state index contributed by atoms with van der Waals surface area (Å²) in [5.74, 6) is 0.655. The highest BCUT2D eigenvalue weighted by Gasteiger charge is 2.36. The number of ether oxygens (including phenoxy) is 2. The summed E-state index contributed by atoms with van der Waals surface area (Å²) in [4.78, 5) is 28.0. The SMILES string of the molecule is COCCN(CC(=O)N1N=C(c2ccc(OC)cc2)C[C@H]1c1ccccc1)C(=O)C1CCC1. The molecule has 1 fully saturated rings. The first-order valence-electron chi connectivity index (χ1n) is 11.5. The molecule has 2 amide bonds. The molecule has 1 atom stereocenters. The Balaban J connectivity index is 1.57. The molecule has 33 heavy (non-hydrogen) atoms. The molecule has 2 aliphatic rings. The van der Waals surface area contributed by atoms with Gasteiger partial charge < -0.3 is 14.4 Å². The van der Waals surface area contributed by atoms with Crippen LogP contribution in [0.15, 0.2) is 59.7 Å². The monoisotopic (exact) mass is 449 g/mol. The van der Waals surface area contributed by atoms with Crippen molar-refractivity contribution >= 4 is 17.5 Å². The van der Waals surface area contributed by atoms with Gasteiger partial charge >= 0.3 is 0 Å². The smallest absolute Gasteiger partial charge is 0.262 e. The number of carbonyl (C=O) groups excluding carboxylic acids is 2. The minimum atomic E-state index is -0.209. The summed E-state index contributed by atoms with van der Waals surface area (Å²) < 4.78 is 10.4. The van der Waals surface area contributed by atoms with Crippen LogP contribution in [-0.4, -0.2) is 61.4 Å². The van der Waals surface area contributed by atoms with Crippen molar-refractivity contribution in [2.24, 2.45) is 11.0 Å². The number of rotatable bonds is 9. The third-order valence-corrected chi connectivity index (χ3v) is 6.43. The van der Waals surface area contributed by atoms with Crippen LogP contribution in [0.2, 0.25) is 0 Å². The quantitative estimate of drug-likeness (QED) is 0.586. The summed E-state index contributed by atoms with van der Waals surface area (Å²) in [6.07, 6.45) is 3.47. The molecule has 0 spiro atoms. The molecular formula is C26H31N3O4. The molecule has 1 heterocycles. The van der Waals surface area contributed by atoms with Gasteiger partial charge in [0.05, 0.1) is 25.5 Å². The van der Waals surface area contributed by atoms with Gasteiger partial charge in [-0.1, -0.05) is 36.8 Å². The summed E-state index contributed by atoms with van der Waals surface area (Å²) in [6, 6.07) is 17.4. The van der Waals surface area contributed by atoms with E-state index in [1.807, 2.05) is 54.6 Å². The van der Waals surface area contributed by atoms with E-state index in [0.717, 1.165) is 41.9 Å². The molecule has 2 aromatic rings. The van der Waals surface area contributed by atoms with Crippen LogP contribution in [0.25, 0.3) is 0 Å². The minimum Gasteiger partial charge on any atom is -0.497 e. The molecule has 0 bridgehead atoms. The Bertz CT molecular complexity index is 986. The third kappa shape index (κ3) is 5.25. The second-order valence-corrected chi connectivity index (χ2v) is 8.52. The average Bonchev–Trinajstić information content (AvgIpc) is 3.27. The van der Waals surface area contributed by atoms with E-state index in [9.17, 15) is 9.59 Å². The van der Waals surface area contributed by atoms with Crippen molar-refractivity contribution in [1.82, 2.24) is 9.91 Å². The van der Waals surface area contributed by atoms with Gasteiger partial charge in [-0.2, -0.15) is 5.10 Å². The lowest BCUT2D eigenvalue weighted by molar-refractivity contribution is -0.146. The Morgan fingerprint density at radius 3 is 2.39 bits per heavy atom. The van der Waals surface area contributed by atoms with Crippen LogP contribution in [0, 0.1) is 5.92 Å². The summed E-state index contributed by atoms with van der Waals surface area (Å²) >= 11 is 0. The normalized spacial score (nSPS) is 17.9. The Kier molecular flexibility index (Phi) is 7.40. The molecular weight excluding hydrogens is 418 g/mol. The fraction of sp³-hybridized carbons (Fsp3) is 0.423. The molecule has 0 aromatic heterocycles. The molecule has 7 heteroatoms. The maximum atomic E-state index is 13.5. The molecule has 2 aromatic carbocycles. The summed E-state index contributed by atoms with van der Waals surface area (Å²) in [6.45, 7) is 0.798. The van der Waals surface area contributed by atoms with Crippen molar-refractivity contribution in [1.29, 1.82) is 0 Å². The van der Waals surface area contributed by atoms with E-state index in [1.165, 1.54) is 0 Å². The maximum Gasteiger partial charge on any atom is 0.262 e. The second-order valence-electron chi connectivity index (χ2n) is 8.52. The van der Waals surface area contributed by atoms with E-state index in [1.54, 1.807) is 24.1 Å². The van der Waals surface area contributed by atoms with E-state index in [0.29, 0.717) is 19.6 Å². The van der Waals surface area contributed by atoms with Gasteiger partial charge in [0.25, 0.3) is 5.91 Å². The second kappa shape index (κ2) is 10.6. The maximum absolute atomic E-state index is 13.5. The number of methoxy groups -OCH3 is 2. The Hall–Kier alpha value is -3.19. The van der Waals surface area contributed by atoms with Gasteiger partial charge in [0.1, 0.15) is 12.3 Å². The highest BCUT2D eigenvalue weighted by molar-refractivity contribution is 6.03. The number of benzene rings is 2. The van der Waals surface area contributed by atoms with Gasteiger partial charge in [-0.25, -0.2) is 5.01 Å². The van der Waals surface area contributed by atoms with Gasteiger partial charge in [-0.05, 0) is 48.2 Å². The fourth-order valence-electron chi connectivity index (χ4n) is 4.25. The van der Waals surface area contributed by atoms with E-state index >= 15 is 0 Å². The van der Waals surface area contributed by atoms with E-state index in [4.69, 9.17) is 14.6 Å². The number of hydrazone groups is 1. The van der Waals surface area contributed by atoms with Crippen molar-refractivity contribution in [2.45, 2.75) is 31.7 Å². The highest BCUT2D eigenvalue weighted by atomic mass is 16.5. The first-order chi connectivity index (χ1) is 16.1. The predicted octanol–water partition coefficient (Wildman–Crippen LogP) is 3.65. The third-order valence-electron chi connectivity index (χ3n) is 6.43. The number of amides is 2. The van der Waals surface area contributed by atoms with Crippen LogP contribution < -0.4 is 4.74 Å². The first kappa shape index (κ1) is 23.0. The zero-order chi connectivity index (χ0) is 23.2. The van der Waals surface area contributed by atoms with Crippen molar-refractivity contribution in [3.05, 3.63) is 65.7 Å². The molecule has 0 N–H and O–H groups in total. The molecule has 1 aliphatic carbocycles. The molecule has 0 radical (unpaired) electrons. The molecule has 4 rings (SSSR count). The van der Waals surface area contributed by atoms with Crippen molar-refractivity contribution in [3.63, 3.8) is 0 Å². The van der Waals surface area contributed by atoms with Gasteiger partial charge in [-0.15, -0.1) is 0 Å². The van der Waals surface area contributed by atoms with Gasteiger partial charge in [0.15, 0.2) is 0 Å². The zero-order valence-corrected chi connectivity index (χ0v) is 19.3. The minimum absolute atomic E-state index is 0.00141. The van der Waals surface area contributed by atoms with Crippen molar-refractivity contribution < 1.29 is 19.1 Å². The van der Waals surface area contributed by atoms with Crippen molar-refractivity contribution in [2.75, 3.05) is 33.9 Å². The largest absolute Gasteiger partial charge is 0.497 e. The molecule has 0 saturated heterocycles. The topological polar surface area (TPSA) is 71.4 Å². The standard InChI is InChI=1S/C26H31N3O4/c1-32-16-15-28(26(31)21-9-6-10-21)18-25(30)29-24(20-7-4-3-5-8-20)17-23(27-29)19-11-13-22(33-2)14-12-19/h3-5,7-8,11-14,21,24H,6,9-10,15-18H2,1-2H3/t24-/m0/s1. The van der Waals surface area contributed by atoms with Crippen LogP contribution in [0.1, 0.15) is 42.9 Å². The summed E-state index contributed by atoms with van der Waals surface area (Å²) in [5, 5.41) is 6.29. The lowest BCUT2D eigenvalue weighted by Crippen LogP contribution is -2.46. The van der Waals surface area contributed by atoms with Gasteiger partial charge in [-0.3, -0.25) is 9.59 Å². The predicted molar refractivity (Wildman–Crippen MR) is 126 cm³/mol. The van der Waals surface area contributed by atoms with Crippen LogP contribution in [-0.2, 0) is 14.3 Å². The Morgan fingerprint density at radius 1 is 1.06 bits per heavy atom. The van der Waals surface area contributed by atoms with E-state index in [-0.39, 0.29) is 30.3 Å². The molecule has 1 aliphatic heterocycles. The zero-order valence-electron chi connectivity index (χ0n) is 19.3. The lowest BCUT2D eigenvalue weighted by Gasteiger charge is -2.32. The molecule has 0 unspecified atom stereocenters. The van der Waals surface area contributed by atoms with Crippen LogP contribution in [0.4, 0.5) is 0 Å². The summed E-state index contributed by atoms with van der Waals surface area (Å²) in [7, 11) is 3.24. The van der Waals surface area contributed by atoms with Crippen molar-refractivity contribution in [3.8, 4) is 5.75 Å². The molecule has 7 nitrogen and oxygen atoms in total. The van der Waals surface area contributed by atoms with Crippen LogP contribution in [0.3, 0.4) is 0 Å².